The number of hydrogen-bond acceptors (Lipinski definition) is 2. The van der Waals surface area contributed by atoms with Crippen molar-refractivity contribution in [3.8, 4) is 5.75 Å². The van der Waals surface area contributed by atoms with Crippen molar-refractivity contribution >= 4 is 11.6 Å². The van der Waals surface area contributed by atoms with Crippen molar-refractivity contribution in [2.45, 2.75) is 39.7 Å². The van der Waals surface area contributed by atoms with Crippen LogP contribution >= 0.6 is 0 Å². The fourth-order valence-corrected chi connectivity index (χ4v) is 2.51. The molecule has 0 aliphatic carbocycles. The zero-order chi connectivity index (χ0) is 17.0. The van der Waals surface area contributed by atoms with Gasteiger partial charge in [0.2, 0.25) is 0 Å². The van der Waals surface area contributed by atoms with Crippen molar-refractivity contribution in [3.05, 3.63) is 59.7 Å². The van der Waals surface area contributed by atoms with Crippen molar-refractivity contribution in [1.29, 1.82) is 0 Å². The zero-order valence-corrected chi connectivity index (χ0v) is 14.5. The molecular formula is C20H25NO2. The standard InChI is InChI=1S/C20H25NO2/c1-14(2)18-12-11-15(3)13-19(18)23-16(4)20(22)21(5)17-9-7-6-8-10-17/h6-14,16H,1-5H3/t16-/m0/s1. The molecule has 0 bridgehead atoms. The molecule has 0 saturated carbocycles. The van der Waals surface area contributed by atoms with Gasteiger partial charge in [-0.1, -0.05) is 44.2 Å². The van der Waals surface area contributed by atoms with Crippen molar-refractivity contribution in [2.75, 3.05) is 11.9 Å². The third kappa shape index (κ3) is 4.13. The van der Waals surface area contributed by atoms with E-state index in [9.17, 15) is 4.79 Å². The Morgan fingerprint density at radius 3 is 2.30 bits per heavy atom. The summed E-state index contributed by atoms with van der Waals surface area (Å²) in [6, 6.07) is 15.8. The van der Waals surface area contributed by atoms with Crippen LogP contribution in [0, 0.1) is 6.92 Å². The average molecular weight is 311 g/mol. The normalized spacial score (nSPS) is 12.1. The van der Waals surface area contributed by atoms with Crippen LogP contribution in [-0.4, -0.2) is 19.1 Å². The summed E-state index contributed by atoms with van der Waals surface area (Å²) in [6.45, 7) is 8.08. The molecule has 0 unspecified atom stereocenters. The van der Waals surface area contributed by atoms with Gasteiger partial charge in [-0.15, -0.1) is 0 Å². The minimum absolute atomic E-state index is 0.0626. The number of anilines is 1. The maximum absolute atomic E-state index is 12.6. The number of likely N-dealkylation sites (N-methyl/N-ethyl adjacent to an activating group) is 1. The number of nitrogens with zero attached hydrogens (tertiary/aromatic N) is 1. The van der Waals surface area contributed by atoms with Crippen LogP contribution in [0.2, 0.25) is 0 Å². The van der Waals surface area contributed by atoms with Crippen molar-refractivity contribution < 1.29 is 9.53 Å². The molecule has 1 atom stereocenters. The minimum atomic E-state index is -0.542. The number of ether oxygens (including phenoxy) is 1. The summed E-state index contributed by atoms with van der Waals surface area (Å²) in [4.78, 5) is 14.2. The molecule has 0 spiro atoms. The number of amides is 1. The molecule has 0 saturated heterocycles. The predicted molar refractivity (Wildman–Crippen MR) is 95.2 cm³/mol. The summed E-state index contributed by atoms with van der Waals surface area (Å²) in [5.41, 5.74) is 3.11. The third-order valence-corrected chi connectivity index (χ3v) is 3.92. The molecule has 0 aliphatic rings. The van der Waals surface area contributed by atoms with Gasteiger partial charge in [-0.2, -0.15) is 0 Å². The first kappa shape index (κ1) is 17.1. The van der Waals surface area contributed by atoms with Gasteiger partial charge in [-0.05, 0) is 49.1 Å². The molecule has 0 N–H and O–H groups in total. The highest BCUT2D eigenvalue weighted by molar-refractivity contribution is 5.96. The summed E-state index contributed by atoms with van der Waals surface area (Å²) in [5, 5.41) is 0. The molecule has 3 heteroatoms. The van der Waals surface area contributed by atoms with Crippen LogP contribution in [0.25, 0.3) is 0 Å². The lowest BCUT2D eigenvalue weighted by molar-refractivity contribution is -0.124. The lowest BCUT2D eigenvalue weighted by Crippen LogP contribution is -2.38. The van der Waals surface area contributed by atoms with E-state index in [2.05, 4.69) is 26.0 Å². The lowest BCUT2D eigenvalue weighted by atomic mass is 10.0. The second-order valence-corrected chi connectivity index (χ2v) is 6.19. The van der Waals surface area contributed by atoms with Gasteiger partial charge < -0.3 is 9.64 Å². The maximum Gasteiger partial charge on any atom is 0.267 e. The Balaban J connectivity index is 2.17. The van der Waals surface area contributed by atoms with Gasteiger partial charge in [0.05, 0.1) is 0 Å². The Morgan fingerprint density at radius 1 is 1.04 bits per heavy atom. The van der Waals surface area contributed by atoms with Crippen molar-refractivity contribution in [1.82, 2.24) is 0 Å². The van der Waals surface area contributed by atoms with Crippen LogP contribution in [0.4, 0.5) is 5.69 Å². The Bertz CT molecular complexity index is 665. The van der Waals surface area contributed by atoms with E-state index < -0.39 is 6.10 Å². The van der Waals surface area contributed by atoms with E-state index >= 15 is 0 Å². The second-order valence-electron chi connectivity index (χ2n) is 6.19. The minimum Gasteiger partial charge on any atom is -0.481 e. The Morgan fingerprint density at radius 2 is 1.70 bits per heavy atom. The molecule has 2 rings (SSSR count). The molecule has 0 heterocycles. The summed E-state index contributed by atoms with van der Waals surface area (Å²) < 4.78 is 6.00. The summed E-state index contributed by atoms with van der Waals surface area (Å²) in [6.07, 6.45) is -0.542. The van der Waals surface area contributed by atoms with Crippen LogP contribution in [0.15, 0.2) is 48.5 Å². The van der Waals surface area contributed by atoms with Gasteiger partial charge in [-0.3, -0.25) is 4.79 Å². The number of aryl methyl sites for hydroxylation is 1. The number of hydrogen-bond donors (Lipinski definition) is 0. The van der Waals surface area contributed by atoms with Gasteiger partial charge in [0.15, 0.2) is 6.10 Å². The fourth-order valence-electron chi connectivity index (χ4n) is 2.51. The topological polar surface area (TPSA) is 29.5 Å². The first-order valence-corrected chi connectivity index (χ1v) is 8.00. The highest BCUT2D eigenvalue weighted by atomic mass is 16.5. The Hall–Kier alpha value is -2.29. The van der Waals surface area contributed by atoms with Gasteiger partial charge in [0.25, 0.3) is 5.91 Å². The second kappa shape index (κ2) is 7.32. The van der Waals surface area contributed by atoms with E-state index in [1.54, 1.807) is 18.9 Å². The van der Waals surface area contributed by atoms with E-state index in [0.717, 1.165) is 22.6 Å². The first-order chi connectivity index (χ1) is 10.9. The van der Waals surface area contributed by atoms with Gasteiger partial charge in [0.1, 0.15) is 5.75 Å². The van der Waals surface area contributed by atoms with Crippen LogP contribution in [-0.2, 0) is 4.79 Å². The number of rotatable bonds is 5. The van der Waals surface area contributed by atoms with E-state index in [-0.39, 0.29) is 5.91 Å². The largest absolute Gasteiger partial charge is 0.481 e. The van der Waals surface area contributed by atoms with Gasteiger partial charge in [-0.25, -0.2) is 0 Å². The molecule has 23 heavy (non-hydrogen) atoms. The van der Waals surface area contributed by atoms with Gasteiger partial charge >= 0.3 is 0 Å². The monoisotopic (exact) mass is 311 g/mol. The molecule has 0 fully saturated rings. The maximum atomic E-state index is 12.6. The van der Waals surface area contributed by atoms with Crippen LogP contribution in [0.3, 0.4) is 0 Å². The fraction of sp³-hybridized carbons (Fsp3) is 0.350. The number of para-hydroxylation sites is 1. The number of benzene rings is 2. The molecule has 0 aliphatic heterocycles. The van der Waals surface area contributed by atoms with Crippen LogP contribution in [0.1, 0.15) is 37.8 Å². The number of carbonyl (C=O) groups excluding carboxylic acids is 1. The highest BCUT2D eigenvalue weighted by Crippen LogP contribution is 2.28. The van der Waals surface area contributed by atoms with E-state index in [1.165, 1.54) is 0 Å². The highest BCUT2D eigenvalue weighted by Gasteiger charge is 2.21. The van der Waals surface area contributed by atoms with Crippen LogP contribution in [0.5, 0.6) is 5.75 Å². The smallest absolute Gasteiger partial charge is 0.267 e. The SMILES string of the molecule is Cc1ccc(C(C)C)c(O[C@@H](C)C(=O)N(C)c2ccccc2)c1. The number of carbonyl (C=O) groups is 1. The summed E-state index contributed by atoms with van der Waals surface area (Å²) >= 11 is 0. The molecule has 3 nitrogen and oxygen atoms in total. The molecule has 0 radical (unpaired) electrons. The summed E-state index contributed by atoms with van der Waals surface area (Å²) in [7, 11) is 1.77. The van der Waals surface area contributed by atoms with Crippen LogP contribution < -0.4 is 9.64 Å². The average Bonchev–Trinajstić information content (AvgIpc) is 2.54. The third-order valence-electron chi connectivity index (χ3n) is 3.92. The van der Waals surface area contributed by atoms with Crippen molar-refractivity contribution in [3.63, 3.8) is 0 Å². The molecule has 122 valence electrons. The summed E-state index contributed by atoms with van der Waals surface area (Å²) in [5.74, 6) is 1.08. The molecule has 1 amide bonds. The Labute approximate surface area is 138 Å². The first-order valence-electron chi connectivity index (χ1n) is 8.00. The quantitative estimate of drug-likeness (QED) is 0.811. The lowest BCUT2D eigenvalue weighted by Gasteiger charge is -2.24. The Kier molecular flexibility index (Phi) is 5.43. The van der Waals surface area contributed by atoms with E-state index in [0.29, 0.717) is 5.92 Å². The van der Waals surface area contributed by atoms with Crippen molar-refractivity contribution in [2.24, 2.45) is 0 Å². The molecular weight excluding hydrogens is 286 g/mol. The molecule has 0 aromatic heterocycles. The molecule has 2 aromatic rings. The van der Waals surface area contributed by atoms with E-state index in [4.69, 9.17) is 4.74 Å². The predicted octanol–water partition coefficient (Wildman–Crippen LogP) is 4.55. The molecule has 2 aromatic carbocycles. The zero-order valence-electron chi connectivity index (χ0n) is 14.5. The van der Waals surface area contributed by atoms with E-state index in [1.807, 2.05) is 43.3 Å². The van der Waals surface area contributed by atoms with Gasteiger partial charge in [0, 0.05) is 12.7 Å².